The molecule has 3 rings (SSSR count). The van der Waals surface area contributed by atoms with Gasteiger partial charge in [0.25, 0.3) is 0 Å². The molecule has 1 aromatic carbocycles. The van der Waals surface area contributed by atoms with Gasteiger partial charge >= 0.3 is 6.18 Å². The van der Waals surface area contributed by atoms with Crippen LogP contribution in [0.4, 0.5) is 19.0 Å². The number of nitriles is 1. The van der Waals surface area contributed by atoms with E-state index in [1.165, 1.54) is 36.7 Å². The molecule has 0 atom stereocenters. The Bertz CT molecular complexity index is 960. The van der Waals surface area contributed by atoms with Gasteiger partial charge in [0.05, 0.1) is 11.3 Å². The van der Waals surface area contributed by atoms with Crippen molar-refractivity contribution in [2.45, 2.75) is 6.18 Å². The Morgan fingerprint density at radius 3 is 2.32 bits per heavy atom. The summed E-state index contributed by atoms with van der Waals surface area (Å²) in [7, 11) is 0. The highest BCUT2D eigenvalue weighted by Gasteiger charge is 2.34. The Balaban J connectivity index is 2.31. The Morgan fingerprint density at radius 2 is 1.68 bits per heavy atom. The summed E-state index contributed by atoms with van der Waals surface area (Å²) < 4.78 is 40.1. The van der Waals surface area contributed by atoms with E-state index in [0.29, 0.717) is 11.3 Å². The SMILES string of the molecule is N#Cc1c(-c2ccccc2C(F)(F)F)cc(-c2ccncc2)nc1N. The maximum Gasteiger partial charge on any atom is 0.417 e. The Morgan fingerprint density at radius 1 is 1.00 bits per heavy atom. The standard InChI is InChI=1S/C18H11F3N4/c19-18(20,21)15-4-2-1-3-12(15)13-9-16(11-5-7-24-8-6-11)25-17(23)14(13)10-22/h1-9H,(H2,23,25). The molecule has 0 fully saturated rings. The van der Waals surface area contributed by atoms with Crippen molar-refractivity contribution in [3.63, 3.8) is 0 Å². The lowest BCUT2D eigenvalue weighted by Crippen LogP contribution is -2.08. The minimum Gasteiger partial charge on any atom is -0.383 e. The van der Waals surface area contributed by atoms with Crippen LogP contribution in [-0.4, -0.2) is 9.97 Å². The van der Waals surface area contributed by atoms with Gasteiger partial charge in [-0.15, -0.1) is 0 Å². The first kappa shape index (κ1) is 16.5. The van der Waals surface area contributed by atoms with Crippen molar-refractivity contribution in [2.24, 2.45) is 0 Å². The maximum absolute atomic E-state index is 13.4. The number of hydrogen-bond acceptors (Lipinski definition) is 4. The molecule has 2 aromatic heterocycles. The number of pyridine rings is 2. The summed E-state index contributed by atoms with van der Waals surface area (Å²) in [6.07, 6.45) is -1.48. The predicted molar refractivity (Wildman–Crippen MR) is 87.0 cm³/mol. The van der Waals surface area contributed by atoms with Crippen LogP contribution in [0.1, 0.15) is 11.1 Å². The van der Waals surface area contributed by atoms with Gasteiger partial charge in [-0.1, -0.05) is 18.2 Å². The minimum atomic E-state index is -4.56. The number of rotatable bonds is 2. The van der Waals surface area contributed by atoms with Gasteiger partial charge in [-0.3, -0.25) is 4.98 Å². The van der Waals surface area contributed by atoms with E-state index >= 15 is 0 Å². The molecule has 0 saturated heterocycles. The molecule has 0 radical (unpaired) electrons. The van der Waals surface area contributed by atoms with Crippen molar-refractivity contribution >= 4 is 5.82 Å². The summed E-state index contributed by atoms with van der Waals surface area (Å²) in [5.74, 6) is -0.121. The lowest BCUT2D eigenvalue weighted by molar-refractivity contribution is -0.137. The molecule has 3 aromatic rings. The molecule has 0 aliphatic heterocycles. The zero-order valence-electron chi connectivity index (χ0n) is 12.7. The van der Waals surface area contributed by atoms with Crippen LogP contribution >= 0.6 is 0 Å². The van der Waals surface area contributed by atoms with E-state index in [1.807, 2.05) is 6.07 Å². The molecule has 2 N–H and O–H groups in total. The molecule has 25 heavy (non-hydrogen) atoms. The van der Waals surface area contributed by atoms with Crippen LogP contribution < -0.4 is 5.73 Å². The van der Waals surface area contributed by atoms with Crippen LogP contribution in [0, 0.1) is 11.3 Å². The molecular weight excluding hydrogens is 329 g/mol. The number of halogens is 3. The number of hydrogen-bond donors (Lipinski definition) is 1. The van der Waals surface area contributed by atoms with Crippen LogP contribution in [0.5, 0.6) is 0 Å². The fourth-order valence-electron chi connectivity index (χ4n) is 2.53. The average Bonchev–Trinajstić information content (AvgIpc) is 2.61. The Labute approximate surface area is 141 Å². The molecule has 124 valence electrons. The molecule has 0 aliphatic rings. The first-order valence-electron chi connectivity index (χ1n) is 7.19. The van der Waals surface area contributed by atoms with E-state index in [9.17, 15) is 18.4 Å². The Hall–Kier alpha value is -3.40. The largest absolute Gasteiger partial charge is 0.417 e. The predicted octanol–water partition coefficient (Wildman–Crippen LogP) is 4.28. The van der Waals surface area contributed by atoms with Crippen LogP contribution in [0.25, 0.3) is 22.4 Å². The molecule has 0 spiro atoms. The monoisotopic (exact) mass is 340 g/mol. The molecule has 0 amide bonds. The highest BCUT2D eigenvalue weighted by molar-refractivity contribution is 5.81. The third kappa shape index (κ3) is 3.15. The summed E-state index contributed by atoms with van der Waals surface area (Å²) in [4.78, 5) is 8.03. The van der Waals surface area contributed by atoms with Gasteiger partial charge in [-0.05, 0) is 29.8 Å². The van der Waals surface area contributed by atoms with Gasteiger partial charge in [0.1, 0.15) is 17.5 Å². The van der Waals surface area contributed by atoms with Crippen LogP contribution in [0.15, 0.2) is 54.9 Å². The number of nitrogen functional groups attached to an aromatic ring is 1. The zero-order valence-corrected chi connectivity index (χ0v) is 12.7. The van der Waals surface area contributed by atoms with Gasteiger partial charge < -0.3 is 5.73 Å². The first-order valence-corrected chi connectivity index (χ1v) is 7.19. The second-order valence-electron chi connectivity index (χ2n) is 5.21. The average molecular weight is 340 g/mol. The second-order valence-corrected chi connectivity index (χ2v) is 5.21. The molecular formula is C18H11F3N4. The van der Waals surface area contributed by atoms with Gasteiger partial charge in [0, 0.05) is 23.5 Å². The first-order chi connectivity index (χ1) is 11.9. The third-order valence-corrected chi connectivity index (χ3v) is 3.66. The molecule has 0 aliphatic carbocycles. The van der Waals surface area contributed by atoms with E-state index in [4.69, 9.17) is 5.73 Å². The summed E-state index contributed by atoms with van der Waals surface area (Å²) in [5, 5.41) is 9.35. The highest BCUT2D eigenvalue weighted by Crippen LogP contribution is 2.39. The maximum atomic E-state index is 13.4. The number of nitrogens with zero attached hydrogens (tertiary/aromatic N) is 3. The van der Waals surface area contributed by atoms with E-state index < -0.39 is 11.7 Å². The van der Waals surface area contributed by atoms with Crippen molar-refractivity contribution in [2.75, 3.05) is 5.73 Å². The van der Waals surface area contributed by atoms with Crippen molar-refractivity contribution in [1.82, 2.24) is 9.97 Å². The number of aromatic nitrogens is 2. The smallest absolute Gasteiger partial charge is 0.383 e. The van der Waals surface area contributed by atoms with Crippen LogP contribution in [-0.2, 0) is 6.18 Å². The fraction of sp³-hybridized carbons (Fsp3) is 0.0556. The van der Waals surface area contributed by atoms with Gasteiger partial charge in [0.2, 0.25) is 0 Å². The van der Waals surface area contributed by atoms with Crippen LogP contribution in [0.3, 0.4) is 0 Å². The molecule has 0 unspecified atom stereocenters. The molecule has 0 bridgehead atoms. The second kappa shape index (κ2) is 6.24. The lowest BCUT2D eigenvalue weighted by atomic mass is 9.94. The summed E-state index contributed by atoms with van der Waals surface area (Å²) in [5.41, 5.74) is 5.89. The Kier molecular flexibility index (Phi) is 4.11. The highest BCUT2D eigenvalue weighted by atomic mass is 19.4. The molecule has 2 heterocycles. The quantitative estimate of drug-likeness (QED) is 0.755. The van der Waals surface area contributed by atoms with E-state index in [1.54, 1.807) is 12.1 Å². The van der Waals surface area contributed by atoms with Gasteiger partial charge in [-0.2, -0.15) is 18.4 Å². The van der Waals surface area contributed by atoms with E-state index in [2.05, 4.69) is 9.97 Å². The summed E-state index contributed by atoms with van der Waals surface area (Å²) in [6.45, 7) is 0. The van der Waals surface area contributed by atoms with Gasteiger partial charge in [-0.25, -0.2) is 4.98 Å². The molecule has 0 saturated carbocycles. The van der Waals surface area contributed by atoms with E-state index in [0.717, 1.165) is 6.07 Å². The lowest BCUT2D eigenvalue weighted by Gasteiger charge is -2.15. The van der Waals surface area contributed by atoms with Gasteiger partial charge in [0.15, 0.2) is 0 Å². The number of alkyl halides is 3. The van der Waals surface area contributed by atoms with Crippen LogP contribution in [0.2, 0.25) is 0 Å². The molecule has 7 heteroatoms. The third-order valence-electron chi connectivity index (χ3n) is 3.66. The topological polar surface area (TPSA) is 75.6 Å². The normalized spacial score (nSPS) is 11.1. The van der Waals surface area contributed by atoms with Crippen molar-refractivity contribution in [3.05, 3.63) is 66.0 Å². The summed E-state index contributed by atoms with van der Waals surface area (Å²) >= 11 is 0. The van der Waals surface area contributed by atoms with Crippen molar-refractivity contribution < 1.29 is 13.2 Å². The number of nitrogens with two attached hydrogens (primary N) is 1. The number of anilines is 1. The summed E-state index contributed by atoms with van der Waals surface area (Å²) in [6, 6.07) is 11.7. The van der Waals surface area contributed by atoms with Crippen molar-refractivity contribution in [1.29, 1.82) is 5.26 Å². The van der Waals surface area contributed by atoms with E-state index in [-0.39, 0.29) is 22.5 Å². The fourth-order valence-corrected chi connectivity index (χ4v) is 2.53. The zero-order chi connectivity index (χ0) is 18.0. The minimum absolute atomic E-state index is 0.0884. The number of benzene rings is 1. The van der Waals surface area contributed by atoms with Crippen molar-refractivity contribution in [3.8, 4) is 28.5 Å². The molecule has 4 nitrogen and oxygen atoms in total.